The molecule has 254 valence electrons. The van der Waals surface area contributed by atoms with Crippen LogP contribution in [0.3, 0.4) is 0 Å². The predicted octanol–water partition coefficient (Wildman–Crippen LogP) is 9.14. The highest BCUT2D eigenvalue weighted by molar-refractivity contribution is 8.38. The van der Waals surface area contributed by atoms with Gasteiger partial charge in [-0.15, -0.1) is 0 Å². The molecule has 2 heterocycles. The number of rotatable bonds is 10. The summed E-state index contributed by atoms with van der Waals surface area (Å²) in [4.78, 5) is 45.0. The third-order valence-electron chi connectivity index (χ3n) is 9.40. The van der Waals surface area contributed by atoms with E-state index < -0.39 is 16.9 Å². The summed E-state index contributed by atoms with van der Waals surface area (Å²) >= 11 is 2.09. The summed E-state index contributed by atoms with van der Waals surface area (Å²) < 4.78 is 17.9. The van der Waals surface area contributed by atoms with Crippen LogP contribution in [0.15, 0.2) is 83.9 Å². The van der Waals surface area contributed by atoms with Gasteiger partial charge in [-0.3, -0.25) is 14.6 Å². The van der Waals surface area contributed by atoms with Crippen molar-refractivity contribution in [1.29, 1.82) is 0 Å². The number of carbonyl (C=O) groups excluding carboxylic acids is 3. The normalized spacial score (nSPS) is 17.7. The molecule has 0 fully saturated rings. The molecule has 10 heteroatoms. The first-order chi connectivity index (χ1) is 23.6. The van der Waals surface area contributed by atoms with Crippen molar-refractivity contribution in [1.82, 2.24) is 0 Å². The van der Waals surface area contributed by atoms with Crippen LogP contribution >= 0.6 is 23.5 Å². The monoisotopic (exact) mass is 696 g/mol. The maximum absolute atomic E-state index is 13.2. The average Bonchev–Trinajstić information content (AvgIpc) is 3.27. The lowest BCUT2D eigenvalue weighted by Crippen LogP contribution is -2.61. The van der Waals surface area contributed by atoms with E-state index in [9.17, 15) is 14.4 Å². The zero-order valence-electron chi connectivity index (χ0n) is 28.4. The molecule has 0 radical (unpaired) electrons. The summed E-state index contributed by atoms with van der Waals surface area (Å²) in [5, 5.41) is 1.19. The second-order valence-corrected chi connectivity index (χ2v) is 15.0. The number of ether oxygens (including phenoxy) is 3. The van der Waals surface area contributed by atoms with Gasteiger partial charge in [0.15, 0.2) is 0 Å². The maximum Gasteiger partial charge on any atom is 0.343 e. The summed E-state index contributed by atoms with van der Waals surface area (Å²) in [5.41, 5.74) is 3.17. The van der Waals surface area contributed by atoms with Gasteiger partial charge in [-0.1, -0.05) is 79.3 Å². The van der Waals surface area contributed by atoms with Crippen molar-refractivity contribution in [2.45, 2.75) is 62.8 Å². The first-order valence-electron chi connectivity index (χ1n) is 16.4. The topological polar surface area (TPSA) is 94.5 Å². The summed E-state index contributed by atoms with van der Waals surface area (Å²) in [6, 6.07) is 24.9. The molecular weight excluding hydrogens is 657 g/mol. The van der Waals surface area contributed by atoms with E-state index in [1.807, 2.05) is 62.7 Å². The van der Waals surface area contributed by atoms with Gasteiger partial charge in [0, 0.05) is 18.1 Å². The fraction of sp³-hybridized carbons (Fsp3) is 0.333. The molecule has 2 aliphatic heterocycles. The standard InChI is InChI=1S/C39H40N2O6S2/c1-6-7-22-45-36(43)33(49-37(44)48-5)21-14-25-12-15-27(16-13-25)35(42)46-28-19-17-26-18-20-32-34(29(26)23-28)40-24-39(47-32)38(2,3)30-10-8-9-11-31(30)41(39)4/h8-13,15-20,23-24,33H,6-7,14,21-22H2,1-5H3. The Balaban J connectivity index is 1.15. The number of fused-ring (bicyclic) bond motifs is 4. The van der Waals surface area contributed by atoms with E-state index in [0.717, 1.165) is 58.4 Å². The Morgan fingerprint density at radius 1 is 1.00 bits per heavy atom. The Kier molecular flexibility index (Phi) is 10.1. The Morgan fingerprint density at radius 2 is 1.76 bits per heavy atom. The third kappa shape index (κ3) is 6.68. The van der Waals surface area contributed by atoms with Gasteiger partial charge in [-0.2, -0.15) is 0 Å². The molecule has 4 aromatic carbocycles. The molecule has 8 nitrogen and oxygen atoms in total. The minimum atomic E-state index is -0.794. The van der Waals surface area contributed by atoms with E-state index in [2.05, 4.69) is 36.9 Å². The number of unbranched alkanes of at least 4 members (excludes halogenated alkanes) is 1. The lowest BCUT2D eigenvalue weighted by molar-refractivity contribution is -0.143. The molecule has 0 bridgehead atoms. The van der Waals surface area contributed by atoms with Crippen LogP contribution in [0.2, 0.25) is 0 Å². The fourth-order valence-electron chi connectivity index (χ4n) is 6.49. The van der Waals surface area contributed by atoms with Crippen LogP contribution in [-0.2, 0) is 21.4 Å². The molecule has 0 saturated heterocycles. The highest BCUT2D eigenvalue weighted by Crippen LogP contribution is 2.54. The molecule has 0 amide bonds. The van der Waals surface area contributed by atoms with Gasteiger partial charge in [0.2, 0.25) is 10.2 Å². The van der Waals surface area contributed by atoms with Crippen LogP contribution in [0.25, 0.3) is 10.8 Å². The van der Waals surface area contributed by atoms with Gasteiger partial charge in [0.1, 0.15) is 22.4 Å². The van der Waals surface area contributed by atoms with E-state index in [-0.39, 0.29) is 15.8 Å². The lowest BCUT2D eigenvalue weighted by atomic mass is 9.77. The lowest BCUT2D eigenvalue weighted by Gasteiger charge is -2.45. The van der Waals surface area contributed by atoms with E-state index in [1.54, 1.807) is 24.5 Å². The zero-order valence-corrected chi connectivity index (χ0v) is 30.0. The average molecular weight is 697 g/mol. The van der Waals surface area contributed by atoms with Gasteiger partial charge in [0.05, 0.1) is 23.8 Å². The number of thioether (sulfide) groups is 2. The Bertz CT molecular complexity index is 1920. The quantitative estimate of drug-likeness (QED) is 0.0914. The summed E-state index contributed by atoms with van der Waals surface area (Å²) in [7, 11) is 2.03. The molecule has 1 spiro atoms. The molecule has 0 saturated carbocycles. The number of hydrogen-bond donors (Lipinski definition) is 0. The Morgan fingerprint density at radius 3 is 2.49 bits per heavy atom. The minimum absolute atomic E-state index is 0.121. The largest absolute Gasteiger partial charge is 0.465 e. The van der Waals surface area contributed by atoms with Crippen LogP contribution in [0, 0.1) is 0 Å². The molecular formula is C39H40N2O6S2. The van der Waals surface area contributed by atoms with Gasteiger partial charge in [0.25, 0.3) is 0 Å². The first kappa shape index (κ1) is 34.6. The van der Waals surface area contributed by atoms with E-state index in [1.165, 1.54) is 5.56 Å². The molecule has 2 atom stereocenters. The minimum Gasteiger partial charge on any atom is -0.465 e. The van der Waals surface area contributed by atoms with Crippen molar-refractivity contribution < 1.29 is 28.6 Å². The van der Waals surface area contributed by atoms with Crippen LogP contribution in [0.4, 0.5) is 16.2 Å². The van der Waals surface area contributed by atoms with Crippen LogP contribution < -0.4 is 14.4 Å². The number of hydrogen-bond acceptors (Lipinski definition) is 10. The van der Waals surface area contributed by atoms with Crippen molar-refractivity contribution in [3.05, 3.63) is 95.6 Å². The number of likely N-dealkylation sites (N-methyl/N-ethyl adjacent to an activating group) is 1. The fourth-order valence-corrected chi connectivity index (χ4v) is 7.85. The Labute approximate surface area is 295 Å². The number of aryl methyl sites for hydroxylation is 1. The second-order valence-electron chi connectivity index (χ2n) is 12.8. The maximum atomic E-state index is 13.2. The van der Waals surface area contributed by atoms with Crippen LogP contribution in [-0.4, -0.2) is 53.5 Å². The molecule has 0 aliphatic carbocycles. The summed E-state index contributed by atoms with van der Waals surface area (Å²) in [5.74, 6) is 0.209. The molecule has 2 unspecified atom stereocenters. The second kappa shape index (κ2) is 14.3. The number of benzene rings is 4. The SMILES string of the molecule is CCCCOC(=O)C(CCc1ccc(C(=O)Oc2ccc3ccc4c(c3c2)N=CC2(O4)N(C)c3ccccc3C2(C)C)cc1)SC(=O)SC. The highest BCUT2D eigenvalue weighted by atomic mass is 32.2. The third-order valence-corrected chi connectivity index (χ3v) is 11.4. The predicted molar refractivity (Wildman–Crippen MR) is 199 cm³/mol. The van der Waals surface area contributed by atoms with Crippen molar-refractivity contribution in [2.75, 3.05) is 24.8 Å². The molecule has 4 aromatic rings. The molecule has 0 aromatic heterocycles. The van der Waals surface area contributed by atoms with Crippen molar-refractivity contribution in [2.24, 2.45) is 4.99 Å². The van der Waals surface area contributed by atoms with Gasteiger partial charge in [-0.05, 0) is 92.3 Å². The smallest absolute Gasteiger partial charge is 0.343 e. The van der Waals surface area contributed by atoms with Crippen molar-refractivity contribution >= 4 is 68.3 Å². The summed E-state index contributed by atoms with van der Waals surface area (Å²) in [6.45, 7) is 6.73. The highest BCUT2D eigenvalue weighted by Gasteiger charge is 2.58. The number of aliphatic imine (C=N–C) groups is 1. The Hall–Kier alpha value is -4.28. The molecule has 6 rings (SSSR count). The number of esters is 2. The number of nitrogens with zero attached hydrogens (tertiary/aromatic N) is 2. The van der Waals surface area contributed by atoms with Crippen LogP contribution in [0.1, 0.15) is 61.5 Å². The number of anilines is 1. The number of para-hydroxylation sites is 1. The summed E-state index contributed by atoms with van der Waals surface area (Å²) in [6.07, 6.45) is 6.30. The van der Waals surface area contributed by atoms with Crippen molar-refractivity contribution in [3.63, 3.8) is 0 Å². The van der Waals surface area contributed by atoms with Gasteiger partial charge >= 0.3 is 11.9 Å². The number of carbonyl (C=O) groups is 3. The van der Waals surface area contributed by atoms with Crippen LogP contribution in [0.5, 0.6) is 11.5 Å². The molecule has 0 N–H and O–H groups in total. The first-order valence-corrected chi connectivity index (χ1v) is 18.5. The molecule has 2 aliphatic rings. The zero-order chi connectivity index (χ0) is 34.8. The molecule has 49 heavy (non-hydrogen) atoms. The van der Waals surface area contributed by atoms with Gasteiger partial charge in [-0.25, -0.2) is 4.79 Å². The van der Waals surface area contributed by atoms with E-state index in [4.69, 9.17) is 19.2 Å². The van der Waals surface area contributed by atoms with Gasteiger partial charge < -0.3 is 19.1 Å². The van der Waals surface area contributed by atoms with Crippen molar-refractivity contribution in [3.8, 4) is 11.5 Å². The van der Waals surface area contributed by atoms with E-state index >= 15 is 0 Å². The van der Waals surface area contributed by atoms with E-state index in [0.29, 0.717) is 42.2 Å².